The molecule has 1 unspecified atom stereocenters. The Morgan fingerprint density at radius 3 is 2.49 bits per heavy atom. The number of rotatable bonds is 10. The Kier molecular flexibility index (Phi) is 9.88. The lowest BCUT2D eigenvalue weighted by atomic mass is 9.86. The van der Waals surface area contributed by atoms with E-state index in [0.717, 1.165) is 105 Å². The number of halogens is 3. The molecule has 274 valence electrons. The summed E-state index contributed by atoms with van der Waals surface area (Å²) >= 11 is 1.13. The highest BCUT2D eigenvalue weighted by Gasteiger charge is 2.44. The van der Waals surface area contributed by atoms with Gasteiger partial charge in [0.1, 0.15) is 38.1 Å². The van der Waals surface area contributed by atoms with Crippen molar-refractivity contribution in [3.8, 4) is 6.07 Å². The Morgan fingerprint density at radius 1 is 1.02 bits per heavy atom. The van der Waals surface area contributed by atoms with Gasteiger partial charge in [0.2, 0.25) is 0 Å². The smallest absolute Gasteiger partial charge is 0.355 e. The number of likely N-dealkylation sites (tertiary alicyclic amines) is 2. The van der Waals surface area contributed by atoms with E-state index >= 15 is 0 Å². The van der Waals surface area contributed by atoms with Crippen molar-refractivity contribution in [3.05, 3.63) is 51.8 Å². The second-order valence-corrected chi connectivity index (χ2v) is 18.5. The molecule has 0 radical (unpaired) electrons. The fraction of sp³-hybridized carbons (Fsp3) is 0.595. The van der Waals surface area contributed by atoms with Crippen LogP contribution in [0.3, 0.4) is 0 Å². The first-order chi connectivity index (χ1) is 24.2. The summed E-state index contributed by atoms with van der Waals surface area (Å²) in [6.45, 7) is 11.5. The van der Waals surface area contributed by atoms with Gasteiger partial charge in [-0.2, -0.15) is 18.4 Å². The molecule has 3 aromatic heterocycles. The number of sulfone groups is 1. The zero-order valence-electron chi connectivity index (χ0n) is 29.6. The van der Waals surface area contributed by atoms with E-state index in [-0.39, 0.29) is 15.5 Å². The number of alkyl halides is 3. The quantitative estimate of drug-likeness (QED) is 0.182. The zero-order chi connectivity index (χ0) is 36.1. The summed E-state index contributed by atoms with van der Waals surface area (Å²) in [5.41, 5.74) is 4.21. The molecule has 1 spiro atoms. The maximum atomic E-state index is 13.3. The van der Waals surface area contributed by atoms with Crippen molar-refractivity contribution in [2.45, 2.75) is 83.3 Å². The van der Waals surface area contributed by atoms with Crippen LogP contribution < -0.4 is 4.90 Å². The molecule has 14 heteroatoms. The number of thiophene rings is 1. The lowest BCUT2D eigenvalue weighted by Gasteiger charge is -2.31. The Labute approximate surface area is 302 Å². The maximum absolute atomic E-state index is 13.3. The lowest BCUT2D eigenvalue weighted by Crippen LogP contribution is -2.40. The van der Waals surface area contributed by atoms with Crippen molar-refractivity contribution in [1.29, 1.82) is 5.26 Å². The Bertz CT molecular complexity index is 2080. The van der Waals surface area contributed by atoms with Crippen LogP contribution in [0.15, 0.2) is 24.3 Å². The molecule has 0 amide bonds. The Morgan fingerprint density at radius 2 is 1.78 bits per heavy atom. The average molecular weight is 742 g/mol. The summed E-state index contributed by atoms with van der Waals surface area (Å²) in [5.74, 6) is 1.48. The standard InChI is InChI=1S/C37H46F3N7O2S2/c1-4-5-33-42-34(31-19-28(20-37(38,39)40)50-35(31)43-33)46-15-11-36(24-46)10-14-45(23-36)22-26-6-7-32-30(25(26)2)18-27(21-41)47(32)17-16-44-12-8-29(9-13-44)51(3,48)49/h6-7,18-19,29H,4-5,8-17,20,22-24H2,1-3H3. The first kappa shape index (κ1) is 36.1. The number of aromatic nitrogens is 3. The molecule has 4 aromatic rings. The molecule has 0 saturated carbocycles. The highest BCUT2D eigenvalue weighted by atomic mass is 32.2. The largest absolute Gasteiger partial charge is 0.393 e. The third-order valence-corrected chi connectivity index (χ3v) is 14.0. The zero-order valence-corrected chi connectivity index (χ0v) is 31.2. The summed E-state index contributed by atoms with van der Waals surface area (Å²) in [6, 6.07) is 10.4. The fourth-order valence-electron chi connectivity index (χ4n) is 8.54. The molecule has 51 heavy (non-hydrogen) atoms. The van der Waals surface area contributed by atoms with Crippen LogP contribution >= 0.6 is 11.3 Å². The van der Waals surface area contributed by atoms with Crippen LogP contribution in [0.25, 0.3) is 21.1 Å². The van der Waals surface area contributed by atoms with E-state index < -0.39 is 22.4 Å². The highest BCUT2D eigenvalue weighted by Crippen LogP contribution is 2.44. The van der Waals surface area contributed by atoms with Gasteiger partial charge >= 0.3 is 6.18 Å². The molecule has 3 fully saturated rings. The van der Waals surface area contributed by atoms with Crippen molar-refractivity contribution in [1.82, 2.24) is 24.3 Å². The van der Waals surface area contributed by atoms with Crippen molar-refractivity contribution < 1.29 is 21.6 Å². The van der Waals surface area contributed by atoms with Crippen molar-refractivity contribution >= 4 is 48.1 Å². The number of aryl methyl sites for hydroxylation is 2. The predicted molar refractivity (Wildman–Crippen MR) is 196 cm³/mol. The van der Waals surface area contributed by atoms with Crippen molar-refractivity contribution in [2.75, 3.05) is 57.0 Å². The fourth-order valence-corrected chi connectivity index (χ4v) is 10.7. The minimum Gasteiger partial charge on any atom is -0.355 e. The molecular weight excluding hydrogens is 696 g/mol. The summed E-state index contributed by atoms with van der Waals surface area (Å²) in [5, 5.41) is 11.6. The summed E-state index contributed by atoms with van der Waals surface area (Å²) in [4.78, 5) is 17.6. The molecule has 3 aliphatic rings. The second-order valence-electron chi connectivity index (χ2n) is 15.0. The summed E-state index contributed by atoms with van der Waals surface area (Å²) in [6.07, 6.45) is 1.05. The topological polar surface area (TPSA) is 98.4 Å². The number of hydrogen-bond acceptors (Lipinski definition) is 9. The van der Waals surface area contributed by atoms with Crippen LogP contribution in [0.1, 0.15) is 66.6 Å². The van der Waals surface area contributed by atoms with Gasteiger partial charge in [0.25, 0.3) is 0 Å². The number of piperidine rings is 1. The third-order valence-electron chi connectivity index (χ3n) is 11.3. The number of benzene rings is 1. The first-order valence-corrected chi connectivity index (χ1v) is 20.8. The number of fused-ring (bicyclic) bond motifs is 2. The molecule has 6 heterocycles. The van der Waals surface area contributed by atoms with Crippen LogP contribution in [0, 0.1) is 23.7 Å². The van der Waals surface area contributed by atoms with Crippen LogP contribution in [0.5, 0.6) is 0 Å². The Hall–Kier alpha value is -3.25. The van der Waals surface area contributed by atoms with E-state index in [2.05, 4.69) is 56.3 Å². The number of hydrogen-bond donors (Lipinski definition) is 0. The van der Waals surface area contributed by atoms with Crippen LogP contribution in [-0.4, -0.2) is 96.2 Å². The number of anilines is 1. The molecule has 1 atom stereocenters. The summed E-state index contributed by atoms with van der Waals surface area (Å²) < 4.78 is 65.8. The summed E-state index contributed by atoms with van der Waals surface area (Å²) in [7, 11) is -3.01. The average Bonchev–Trinajstić information content (AvgIpc) is 3.85. The molecule has 1 aromatic carbocycles. The SMILES string of the molecule is CCCc1nc(N2CCC3(CCN(Cc4ccc5c(cc(C#N)n5CCN5CCC(S(C)(=O)=O)CC5)c4C)C3)C2)c2cc(CC(F)(F)F)sc2n1. The normalized spacial score (nSPS) is 21.2. The first-order valence-electron chi connectivity index (χ1n) is 18.0. The van der Waals surface area contributed by atoms with Gasteiger partial charge in [-0.1, -0.05) is 13.0 Å². The van der Waals surface area contributed by atoms with Gasteiger partial charge in [0.15, 0.2) is 0 Å². The van der Waals surface area contributed by atoms with E-state index in [1.165, 1.54) is 17.4 Å². The third kappa shape index (κ3) is 7.63. The maximum Gasteiger partial charge on any atom is 0.393 e. The van der Waals surface area contributed by atoms with E-state index in [9.17, 15) is 26.9 Å². The van der Waals surface area contributed by atoms with Gasteiger partial charge in [-0.25, -0.2) is 18.4 Å². The molecule has 3 aliphatic heterocycles. The minimum atomic E-state index is -4.27. The van der Waals surface area contributed by atoms with Gasteiger partial charge in [-0.05, 0) is 88.0 Å². The van der Waals surface area contributed by atoms with Crippen LogP contribution in [0.4, 0.5) is 19.0 Å². The van der Waals surface area contributed by atoms with E-state index in [0.29, 0.717) is 42.2 Å². The van der Waals surface area contributed by atoms with E-state index in [1.807, 2.05) is 6.07 Å². The molecular formula is C37H46F3N7O2S2. The molecule has 0 bridgehead atoms. The van der Waals surface area contributed by atoms with E-state index in [4.69, 9.17) is 4.98 Å². The highest BCUT2D eigenvalue weighted by molar-refractivity contribution is 7.91. The second kappa shape index (κ2) is 14.0. The van der Waals surface area contributed by atoms with Gasteiger partial charge in [0, 0.05) is 73.1 Å². The minimum absolute atomic E-state index is 0.0953. The predicted octanol–water partition coefficient (Wildman–Crippen LogP) is 6.49. The molecule has 7 rings (SSSR count). The van der Waals surface area contributed by atoms with Crippen molar-refractivity contribution in [3.63, 3.8) is 0 Å². The van der Waals surface area contributed by atoms with Crippen LogP contribution in [-0.2, 0) is 35.8 Å². The molecule has 3 saturated heterocycles. The number of nitriles is 1. The Balaban J connectivity index is 1.03. The van der Waals surface area contributed by atoms with Crippen molar-refractivity contribution in [2.24, 2.45) is 5.41 Å². The van der Waals surface area contributed by atoms with Gasteiger partial charge in [-0.3, -0.25) is 4.90 Å². The van der Waals surface area contributed by atoms with Gasteiger partial charge in [0.05, 0.1) is 17.1 Å². The van der Waals surface area contributed by atoms with E-state index in [1.54, 1.807) is 6.07 Å². The van der Waals surface area contributed by atoms with Crippen LogP contribution in [0.2, 0.25) is 0 Å². The molecule has 0 aliphatic carbocycles. The monoisotopic (exact) mass is 741 g/mol. The van der Waals surface area contributed by atoms with Gasteiger partial charge in [-0.15, -0.1) is 11.3 Å². The molecule has 9 nitrogen and oxygen atoms in total. The van der Waals surface area contributed by atoms with Gasteiger partial charge < -0.3 is 14.4 Å². The lowest BCUT2D eigenvalue weighted by molar-refractivity contribution is -0.126. The number of nitrogens with zero attached hydrogens (tertiary/aromatic N) is 7. The molecule has 0 N–H and O–H groups in total.